The Morgan fingerprint density at radius 1 is 1.20 bits per heavy atom. The summed E-state index contributed by atoms with van der Waals surface area (Å²) in [5, 5.41) is 0. The van der Waals surface area contributed by atoms with Gasteiger partial charge in [0.2, 0.25) is 0 Å². The average Bonchev–Trinajstić information content (AvgIpc) is 3.19. The first-order valence-corrected chi connectivity index (χ1v) is 6.76. The molecule has 1 aliphatic rings. The average molecular weight is 281 g/mol. The molecule has 1 rings (SSSR count). The molecule has 0 amide bonds. The van der Waals surface area contributed by atoms with E-state index >= 15 is 0 Å². The Morgan fingerprint density at radius 2 is 1.75 bits per heavy atom. The van der Waals surface area contributed by atoms with E-state index in [-0.39, 0.29) is 6.10 Å². The van der Waals surface area contributed by atoms with Crippen molar-refractivity contribution in [3.63, 3.8) is 0 Å². The highest BCUT2D eigenvalue weighted by Gasteiger charge is 2.21. The molecule has 0 spiro atoms. The number of rotatable bonds is 7. The lowest BCUT2D eigenvalue weighted by atomic mass is 10.2. The van der Waals surface area contributed by atoms with Gasteiger partial charge in [0, 0.05) is 17.7 Å². The second-order valence-electron chi connectivity index (χ2n) is 5.23. The predicted molar refractivity (Wildman–Crippen MR) is 76.1 cm³/mol. The standard InChI is InChI=1S/C15H23NO4/c1-11(6-5-9-16(3)4)14(17)20-15(18)12(2)7-8-13-10-19-13/h6-7,13H,5,8-10H2,1-4H3. The Balaban J connectivity index is 2.39. The molecule has 0 N–H and O–H groups in total. The molecular formula is C15H23NO4. The summed E-state index contributed by atoms with van der Waals surface area (Å²) in [5.41, 5.74) is 0.897. The van der Waals surface area contributed by atoms with Crippen LogP contribution < -0.4 is 0 Å². The van der Waals surface area contributed by atoms with E-state index in [1.807, 2.05) is 19.0 Å². The van der Waals surface area contributed by atoms with E-state index in [2.05, 4.69) is 0 Å². The Kier molecular flexibility index (Phi) is 6.61. The highest BCUT2D eigenvalue weighted by molar-refractivity contribution is 6.01. The number of nitrogens with zero attached hydrogens (tertiary/aromatic N) is 1. The molecule has 1 heterocycles. The smallest absolute Gasteiger partial charge is 0.341 e. The zero-order chi connectivity index (χ0) is 15.1. The van der Waals surface area contributed by atoms with E-state index in [9.17, 15) is 9.59 Å². The van der Waals surface area contributed by atoms with Gasteiger partial charge >= 0.3 is 11.9 Å². The van der Waals surface area contributed by atoms with Crippen LogP contribution in [0.4, 0.5) is 0 Å². The number of hydrogen-bond acceptors (Lipinski definition) is 5. The lowest BCUT2D eigenvalue weighted by molar-refractivity contribution is -0.153. The summed E-state index contributed by atoms with van der Waals surface area (Å²) >= 11 is 0. The molecule has 0 bridgehead atoms. The van der Waals surface area contributed by atoms with Crippen LogP contribution in [0.15, 0.2) is 23.3 Å². The van der Waals surface area contributed by atoms with E-state index in [0.29, 0.717) is 17.6 Å². The van der Waals surface area contributed by atoms with Crippen molar-refractivity contribution in [2.45, 2.75) is 32.8 Å². The third-order valence-corrected chi connectivity index (χ3v) is 2.95. The monoisotopic (exact) mass is 281 g/mol. The molecule has 0 aromatic heterocycles. The Labute approximate surface area is 120 Å². The first kappa shape index (κ1) is 16.6. The van der Waals surface area contributed by atoms with Gasteiger partial charge in [-0.1, -0.05) is 12.2 Å². The van der Waals surface area contributed by atoms with Crippen molar-refractivity contribution < 1.29 is 19.1 Å². The van der Waals surface area contributed by atoms with Crippen molar-refractivity contribution in [1.82, 2.24) is 4.90 Å². The first-order valence-electron chi connectivity index (χ1n) is 6.76. The maximum Gasteiger partial charge on any atom is 0.341 e. The predicted octanol–water partition coefficient (Wildman–Crippen LogP) is 1.69. The second kappa shape index (κ2) is 7.97. The molecular weight excluding hydrogens is 258 g/mol. The SMILES string of the molecule is CC(=CCCN(C)C)C(=O)OC(=O)C(C)=CCC1CO1. The largest absolute Gasteiger partial charge is 0.386 e. The van der Waals surface area contributed by atoms with Gasteiger partial charge in [-0.3, -0.25) is 0 Å². The zero-order valence-corrected chi connectivity index (χ0v) is 12.6. The number of carbonyl (C=O) groups excluding carboxylic acids is 2. The van der Waals surface area contributed by atoms with Crippen LogP contribution in [-0.2, 0) is 19.1 Å². The maximum absolute atomic E-state index is 11.7. The van der Waals surface area contributed by atoms with Crippen LogP contribution in [0.25, 0.3) is 0 Å². The second-order valence-corrected chi connectivity index (χ2v) is 5.23. The van der Waals surface area contributed by atoms with Crippen molar-refractivity contribution >= 4 is 11.9 Å². The van der Waals surface area contributed by atoms with Gasteiger partial charge in [0.25, 0.3) is 0 Å². The molecule has 0 aromatic rings. The van der Waals surface area contributed by atoms with Gasteiger partial charge < -0.3 is 14.4 Å². The van der Waals surface area contributed by atoms with Gasteiger partial charge in [0.05, 0.1) is 12.7 Å². The maximum atomic E-state index is 11.7. The summed E-state index contributed by atoms with van der Waals surface area (Å²) in [6.45, 7) is 4.88. The van der Waals surface area contributed by atoms with Gasteiger partial charge in [-0.25, -0.2) is 9.59 Å². The molecule has 1 saturated heterocycles. The number of hydrogen-bond donors (Lipinski definition) is 0. The lowest BCUT2D eigenvalue weighted by Gasteiger charge is -2.07. The highest BCUT2D eigenvalue weighted by Crippen LogP contribution is 2.15. The van der Waals surface area contributed by atoms with E-state index in [1.54, 1.807) is 26.0 Å². The molecule has 1 aliphatic heterocycles. The molecule has 0 aromatic carbocycles. The Hall–Kier alpha value is -1.46. The van der Waals surface area contributed by atoms with Crippen molar-refractivity contribution in [2.75, 3.05) is 27.2 Å². The normalized spacial score (nSPS) is 19.1. The van der Waals surface area contributed by atoms with Crippen molar-refractivity contribution in [3.05, 3.63) is 23.3 Å². The van der Waals surface area contributed by atoms with E-state index in [0.717, 1.165) is 19.6 Å². The minimum atomic E-state index is -0.587. The number of epoxide rings is 1. The summed E-state index contributed by atoms with van der Waals surface area (Å²) in [6.07, 6.45) is 5.19. The molecule has 20 heavy (non-hydrogen) atoms. The van der Waals surface area contributed by atoms with Crippen LogP contribution in [-0.4, -0.2) is 50.2 Å². The summed E-state index contributed by atoms with van der Waals surface area (Å²) in [7, 11) is 3.92. The third-order valence-electron chi connectivity index (χ3n) is 2.95. The van der Waals surface area contributed by atoms with Crippen molar-refractivity contribution in [3.8, 4) is 0 Å². The van der Waals surface area contributed by atoms with Crippen LogP contribution in [0, 0.1) is 0 Å². The Morgan fingerprint density at radius 3 is 2.25 bits per heavy atom. The fraction of sp³-hybridized carbons (Fsp3) is 0.600. The molecule has 0 saturated carbocycles. The topological polar surface area (TPSA) is 59.1 Å². The third kappa shape index (κ3) is 6.63. The summed E-state index contributed by atoms with van der Waals surface area (Å²) in [5.74, 6) is -1.17. The molecule has 1 unspecified atom stereocenters. The van der Waals surface area contributed by atoms with E-state index in [4.69, 9.17) is 9.47 Å². The van der Waals surface area contributed by atoms with Gasteiger partial charge in [-0.05, 0) is 40.8 Å². The van der Waals surface area contributed by atoms with E-state index < -0.39 is 11.9 Å². The van der Waals surface area contributed by atoms with Gasteiger partial charge in [-0.15, -0.1) is 0 Å². The van der Waals surface area contributed by atoms with Crippen LogP contribution in [0.5, 0.6) is 0 Å². The fourth-order valence-corrected chi connectivity index (χ4v) is 1.46. The van der Waals surface area contributed by atoms with E-state index in [1.165, 1.54) is 0 Å². The van der Waals surface area contributed by atoms with Crippen LogP contribution >= 0.6 is 0 Å². The quantitative estimate of drug-likeness (QED) is 0.307. The summed E-state index contributed by atoms with van der Waals surface area (Å²) in [6, 6.07) is 0. The number of esters is 2. The highest BCUT2D eigenvalue weighted by atomic mass is 16.6. The minimum Gasteiger partial charge on any atom is -0.386 e. The minimum absolute atomic E-state index is 0.223. The molecule has 0 radical (unpaired) electrons. The lowest BCUT2D eigenvalue weighted by Crippen LogP contribution is -2.15. The number of ether oxygens (including phenoxy) is 2. The molecule has 5 heteroatoms. The van der Waals surface area contributed by atoms with Crippen molar-refractivity contribution in [1.29, 1.82) is 0 Å². The summed E-state index contributed by atoms with van der Waals surface area (Å²) < 4.78 is 9.86. The molecule has 0 aliphatic carbocycles. The molecule has 112 valence electrons. The van der Waals surface area contributed by atoms with Crippen molar-refractivity contribution in [2.24, 2.45) is 0 Å². The van der Waals surface area contributed by atoms with Gasteiger partial charge in [-0.2, -0.15) is 0 Å². The molecule has 1 fully saturated rings. The van der Waals surface area contributed by atoms with Gasteiger partial charge in [0.15, 0.2) is 0 Å². The fourth-order valence-electron chi connectivity index (χ4n) is 1.46. The molecule has 5 nitrogen and oxygen atoms in total. The van der Waals surface area contributed by atoms with Crippen LogP contribution in [0.1, 0.15) is 26.7 Å². The number of carbonyl (C=O) groups is 2. The Bertz CT molecular complexity index is 420. The first-order chi connectivity index (χ1) is 9.40. The molecule has 1 atom stereocenters. The zero-order valence-electron chi connectivity index (χ0n) is 12.6. The van der Waals surface area contributed by atoms with Crippen LogP contribution in [0.2, 0.25) is 0 Å². The summed E-state index contributed by atoms with van der Waals surface area (Å²) in [4.78, 5) is 25.4. The van der Waals surface area contributed by atoms with Crippen LogP contribution in [0.3, 0.4) is 0 Å². The van der Waals surface area contributed by atoms with Gasteiger partial charge in [0.1, 0.15) is 0 Å².